The van der Waals surface area contributed by atoms with E-state index in [9.17, 15) is 4.39 Å². The lowest BCUT2D eigenvalue weighted by Gasteiger charge is -2.41. The van der Waals surface area contributed by atoms with Gasteiger partial charge in [0.25, 0.3) is 0 Å². The van der Waals surface area contributed by atoms with Crippen LogP contribution in [0.25, 0.3) is 0 Å². The maximum Gasteiger partial charge on any atom is 0.123 e. The summed E-state index contributed by atoms with van der Waals surface area (Å²) >= 11 is 0. The van der Waals surface area contributed by atoms with Gasteiger partial charge in [-0.3, -0.25) is 0 Å². The second-order valence-corrected chi connectivity index (χ2v) is 4.36. The van der Waals surface area contributed by atoms with Crippen LogP contribution < -0.4 is 5.73 Å². The normalized spacial score (nSPS) is 19.0. The maximum atomic E-state index is 12.9. The van der Waals surface area contributed by atoms with Crippen molar-refractivity contribution < 1.29 is 4.39 Å². The van der Waals surface area contributed by atoms with Crippen molar-refractivity contribution in [3.05, 3.63) is 35.6 Å². The van der Waals surface area contributed by atoms with Crippen molar-refractivity contribution in [1.82, 2.24) is 0 Å². The summed E-state index contributed by atoms with van der Waals surface area (Å²) in [5, 5.41) is 0. The molecule has 76 valence electrons. The molecule has 1 aliphatic carbocycles. The zero-order valence-electron chi connectivity index (χ0n) is 8.30. The van der Waals surface area contributed by atoms with Gasteiger partial charge in [-0.25, -0.2) is 4.39 Å². The second-order valence-electron chi connectivity index (χ2n) is 4.36. The average Bonchev–Trinajstić information content (AvgIpc) is 2.11. The van der Waals surface area contributed by atoms with Crippen molar-refractivity contribution in [2.75, 3.05) is 6.54 Å². The number of halogens is 1. The fourth-order valence-corrected chi connectivity index (χ4v) is 2.21. The van der Waals surface area contributed by atoms with Crippen LogP contribution in [-0.2, 0) is 6.42 Å². The quantitative estimate of drug-likeness (QED) is 0.784. The number of rotatable bonds is 3. The molecule has 0 atom stereocenters. The van der Waals surface area contributed by atoms with Crippen LogP contribution >= 0.6 is 0 Å². The molecule has 0 heterocycles. The van der Waals surface area contributed by atoms with Gasteiger partial charge in [0.15, 0.2) is 0 Å². The fraction of sp³-hybridized carbons (Fsp3) is 0.500. The van der Waals surface area contributed by atoms with E-state index in [-0.39, 0.29) is 11.2 Å². The summed E-state index contributed by atoms with van der Waals surface area (Å²) in [6, 6.07) is 6.86. The first kappa shape index (κ1) is 9.66. The van der Waals surface area contributed by atoms with Crippen LogP contribution in [-0.4, -0.2) is 6.54 Å². The first-order chi connectivity index (χ1) is 6.74. The number of hydrogen-bond acceptors (Lipinski definition) is 1. The molecule has 2 rings (SSSR count). The summed E-state index contributed by atoms with van der Waals surface area (Å²) in [5.41, 5.74) is 7.11. The minimum Gasteiger partial charge on any atom is -0.330 e. The zero-order valence-corrected chi connectivity index (χ0v) is 8.30. The van der Waals surface area contributed by atoms with Gasteiger partial charge in [-0.15, -0.1) is 0 Å². The Hall–Kier alpha value is -0.890. The molecule has 0 radical (unpaired) electrons. The standard InChI is InChI=1S/C12H16FN/c13-11-4-1-3-10(7-11)8-12(9-14)5-2-6-12/h1,3-4,7H,2,5-6,8-9,14H2. The molecule has 0 spiro atoms. The summed E-state index contributed by atoms with van der Waals surface area (Å²) in [6.07, 6.45) is 4.59. The highest BCUT2D eigenvalue weighted by molar-refractivity contribution is 5.19. The average molecular weight is 193 g/mol. The summed E-state index contributed by atoms with van der Waals surface area (Å²) in [5.74, 6) is -0.144. The van der Waals surface area contributed by atoms with Crippen molar-refractivity contribution >= 4 is 0 Å². The third kappa shape index (κ3) is 1.80. The van der Waals surface area contributed by atoms with Crippen LogP contribution in [0.4, 0.5) is 4.39 Å². The highest BCUT2D eigenvalue weighted by Crippen LogP contribution is 2.42. The molecule has 0 bridgehead atoms. The van der Waals surface area contributed by atoms with Crippen LogP contribution in [0.3, 0.4) is 0 Å². The summed E-state index contributed by atoms with van der Waals surface area (Å²) < 4.78 is 12.9. The minimum atomic E-state index is -0.144. The molecule has 1 nitrogen and oxygen atoms in total. The monoisotopic (exact) mass is 193 g/mol. The Bertz CT molecular complexity index is 312. The third-order valence-electron chi connectivity index (χ3n) is 3.32. The molecule has 0 saturated heterocycles. The van der Waals surface area contributed by atoms with E-state index in [1.807, 2.05) is 6.07 Å². The molecule has 2 N–H and O–H groups in total. The van der Waals surface area contributed by atoms with Gasteiger partial charge in [0.1, 0.15) is 5.82 Å². The predicted octanol–water partition coefficient (Wildman–Crippen LogP) is 2.50. The summed E-state index contributed by atoms with van der Waals surface area (Å²) in [4.78, 5) is 0. The lowest BCUT2D eigenvalue weighted by molar-refractivity contribution is 0.144. The van der Waals surface area contributed by atoms with Crippen LogP contribution in [0.15, 0.2) is 24.3 Å². The molecule has 1 aromatic carbocycles. The minimum absolute atomic E-state index is 0.144. The molecule has 0 aromatic heterocycles. The van der Waals surface area contributed by atoms with E-state index >= 15 is 0 Å². The third-order valence-corrected chi connectivity index (χ3v) is 3.32. The SMILES string of the molecule is NCC1(Cc2cccc(F)c2)CCC1. The van der Waals surface area contributed by atoms with Crippen molar-refractivity contribution in [2.45, 2.75) is 25.7 Å². The van der Waals surface area contributed by atoms with Crippen LogP contribution in [0, 0.1) is 11.2 Å². The van der Waals surface area contributed by atoms with Crippen molar-refractivity contribution in [2.24, 2.45) is 11.1 Å². The highest BCUT2D eigenvalue weighted by atomic mass is 19.1. The fourth-order valence-electron chi connectivity index (χ4n) is 2.21. The van der Waals surface area contributed by atoms with E-state index in [4.69, 9.17) is 5.73 Å². The molecule has 1 aromatic rings. The Morgan fingerprint density at radius 3 is 2.64 bits per heavy atom. The molecule has 1 aliphatic rings. The van der Waals surface area contributed by atoms with Gasteiger partial charge < -0.3 is 5.73 Å². The highest BCUT2D eigenvalue weighted by Gasteiger charge is 2.35. The lowest BCUT2D eigenvalue weighted by Crippen LogP contribution is -2.39. The van der Waals surface area contributed by atoms with Crippen molar-refractivity contribution in [3.8, 4) is 0 Å². The Morgan fingerprint density at radius 2 is 2.14 bits per heavy atom. The first-order valence-electron chi connectivity index (χ1n) is 5.19. The number of nitrogens with two attached hydrogens (primary N) is 1. The van der Waals surface area contributed by atoms with Crippen LogP contribution in [0.2, 0.25) is 0 Å². The van der Waals surface area contributed by atoms with Gasteiger partial charge in [-0.05, 0) is 48.9 Å². The summed E-state index contributed by atoms with van der Waals surface area (Å²) in [7, 11) is 0. The Kier molecular flexibility index (Phi) is 2.55. The van der Waals surface area contributed by atoms with E-state index in [1.54, 1.807) is 12.1 Å². The first-order valence-corrected chi connectivity index (χ1v) is 5.19. The van der Waals surface area contributed by atoms with Crippen molar-refractivity contribution in [1.29, 1.82) is 0 Å². The van der Waals surface area contributed by atoms with Gasteiger partial charge in [0, 0.05) is 0 Å². The van der Waals surface area contributed by atoms with Gasteiger partial charge in [0.05, 0.1) is 0 Å². The van der Waals surface area contributed by atoms with E-state index in [0.717, 1.165) is 18.5 Å². The van der Waals surface area contributed by atoms with Gasteiger partial charge >= 0.3 is 0 Å². The molecule has 1 fully saturated rings. The predicted molar refractivity (Wildman–Crippen MR) is 55.4 cm³/mol. The van der Waals surface area contributed by atoms with Crippen molar-refractivity contribution in [3.63, 3.8) is 0 Å². The van der Waals surface area contributed by atoms with Gasteiger partial charge in [-0.1, -0.05) is 18.6 Å². The topological polar surface area (TPSA) is 26.0 Å². The molecule has 14 heavy (non-hydrogen) atoms. The molecule has 0 unspecified atom stereocenters. The maximum absolute atomic E-state index is 12.9. The number of hydrogen-bond donors (Lipinski definition) is 1. The smallest absolute Gasteiger partial charge is 0.123 e. The number of benzene rings is 1. The van der Waals surface area contributed by atoms with E-state index in [1.165, 1.54) is 25.3 Å². The Labute approximate surface area is 84.1 Å². The van der Waals surface area contributed by atoms with Crippen LogP contribution in [0.5, 0.6) is 0 Å². The van der Waals surface area contributed by atoms with E-state index in [2.05, 4.69) is 0 Å². The Balaban J connectivity index is 2.09. The van der Waals surface area contributed by atoms with Crippen LogP contribution in [0.1, 0.15) is 24.8 Å². The molecule has 0 amide bonds. The van der Waals surface area contributed by atoms with Gasteiger partial charge in [-0.2, -0.15) is 0 Å². The molecular weight excluding hydrogens is 177 g/mol. The van der Waals surface area contributed by atoms with Gasteiger partial charge in [0.2, 0.25) is 0 Å². The molecule has 2 heteroatoms. The molecular formula is C12H16FN. The second kappa shape index (κ2) is 3.70. The molecule has 1 saturated carbocycles. The Morgan fingerprint density at radius 1 is 1.36 bits per heavy atom. The summed E-state index contributed by atoms with van der Waals surface area (Å²) in [6.45, 7) is 0.726. The van der Waals surface area contributed by atoms with E-state index in [0.29, 0.717) is 0 Å². The van der Waals surface area contributed by atoms with E-state index < -0.39 is 0 Å². The largest absolute Gasteiger partial charge is 0.330 e. The zero-order chi connectivity index (χ0) is 10.0. The lowest BCUT2D eigenvalue weighted by atomic mass is 9.65. The molecule has 0 aliphatic heterocycles.